The van der Waals surface area contributed by atoms with Crippen LogP contribution in [0, 0.1) is 6.92 Å². The number of aryl methyl sites for hydroxylation is 1. The second-order valence-electron chi connectivity index (χ2n) is 6.20. The molecule has 8 nitrogen and oxygen atoms in total. The van der Waals surface area contributed by atoms with Gasteiger partial charge in [-0.1, -0.05) is 0 Å². The highest BCUT2D eigenvalue weighted by Gasteiger charge is 2.25. The summed E-state index contributed by atoms with van der Waals surface area (Å²) in [4.78, 5) is 13.7. The van der Waals surface area contributed by atoms with Gasteiger partial charge >= 0.3 is 0 Å². The van der Waals surface area contributed by atoms with Gasteiger partial charge in [0.15, 0.2) is 5.82 Å². The average molecular weight is 385 g/mol. The van der Waals surface area contributed by atoms with Gasteiger partial charge in [-0.05, 0) is 59.0 Å². The fraction of sp³-hybridized carbons (Fsp3) is 0.333. The molecule has 0 fully saturated rings. The third kappa shape index (κ3) is 3.56. The molecule has 0 bridgehead atoms. The third-order valence-electron chi connectivity index (χ3n) is 4.45. The predicted octanol–water partition coefficient (Wildman–Crippen LogP) is 2.68. The Labute approximate surface area is 160 Å². The number of benzene rings is 1. The lowest BCUT2D eigenvalue weighted by molar-refractivity contribution is -0.119. The zero-order valence-corrected chi connectivity index (χ0v) is 15.8. The number of ether oxygens (including phenoxy) is 2. The highest BCUT2D eigenvalue weighted by molar-refractivity contribution is 7.10. The Morgan fingerprint density at radius 3 is 3.11 bits per heavy atom. The second kappa shape index (κ2) is 7.45. The number of amides is 1. The van der Waals surface area contributed by atoms with E-state index in [2.05, 4.69) is 32.3 Å². The molecule has 1 atom stereocenters. The normalized spacial score (nSPS) is 16.0. The van der Waals surface area contributed by atoms with Crippen LogP contribution < -0.4 is 10.1 Å². The van der Waals surface area contributed by atoms with Gasteiger partial charge in [-0.15, -0.1) is 16.4 Å². The summed E-state index contributed by atoms with van der Waals surface area (Å²) in [5.74, 6) is 1.13. The first kappa shape index (κ1) is 17.6. The number of rotatable bonds is 5. The minimum absolute atomic E-state index is 0.106. The van der Waals surface area contributed by atoms with Crippen molar-refractivity contribution in [2.45, 2.75) is 25.9 Å². The molecule has 4 rings (SSSR count). The van der Waals surface area contributed by atoms with Crippen LogP contribution in [0.15, 0.2) is 29.6 Å². The molecule has 3 aromatic rings. The quantitative estimate of drug-likeness (QED) is 0.726. The van der Waals surface area contributed by atoms with Crippen LogP contribution in [0.1, 0.15) is 28.8 Å². The first-order valence-electron chi connectivity index (χ1n) is 8.57. The Balaban J connectivity index is 1.52. The highest BCUT2D eigenvalue weighted by Crippen LogP contribution is 2.34. The largest absolute Gasteiger partial charge is 0.494 e. The van der Waals surface area contributed by atoms with Crippen molar-refractivity contribution in [3.63, 3.8) is 0 Å². The van der Waals surface area contributed by atoms with E-state index in [1.807, 2.05) is 0 Å². The number of anilines is 1. The fourth-order valence-corrected chi connectivity index (χ4v) is 4.15. The second-order valence-corrected chi connectivity index (χ2v) is 7.14. The molecule has 2 aromatic heterocycles. The number of carbonyl (C=O) groups is 1. The topological polar surface area (TPSA) is 91.2 Å². The summed E-state index contributed by atoms with van der Waals surface area (Å²) in [7, 11) is 1.58. The summed E-state index contributed by atoms with van der Waals surface area (Å²) in [6.07, 6.45) is 0.997. The lowest BCUT2D eigenvalue weighted by Crippen LogP contribution is -2.21. The summed E-state index contributed by atoms with van der Waals surface area (Å²) in [5, 5.41) is 16.5. The smallest absolute Gasteiger partial charge is 0.227 e. The van der Waals surface area contributed by atoms with Crippen molar-refractivity contribution in [1.82, 2.24) is 20.2 Å². The van der Waals surface area contributed by atoms with Gasteiger partial charge in [0.2, 0.25) is 5.91 Å². The SMILES string of the molecule is COc1ccc(NC(=O)C[C@@H]2OCCc3ccsc32)cc1-n1nnnc1C. The van der Waals surface area contributed by atoms with Crippen LogP contribution >= 0.6 is 11.3 Å². The zero-order valence-electron chi connectivity index (χ0n) is 15.0. The maximum atomic E-state index is 12.6. The minimum Gasteiger partial charge on any atom is -0.494 e. The van der Waals surface area contributed by atoms with E-state index in [1.54, 1.807) is 48.3 Å². The number of aromatic nitrogens is 4. The lowest BCUT2D eigenvalue weighted by Gasteiger charge is -2.22. The number of tetrazole rings is 1. The molecule has 1 aliphatic heterocycles. The van der Waals surface area contributed by atoms with E-state index in [0.717, 1.165) is 11.3 Å². The van der Waals surface area contributed by atoms with Crippen LogP contribution in [0.4, 0.5) is 5.69 Å². The zero-order chi connectivity index (χ0) is 18.8. The Morgan fingerprint density at radius 2 is 2.33 bits per heavy atom. The molecule has 1 aromatic carbocycles. The average Bonchev–Trinajstić information content (AvgIpc) is 3.31. The van der Waals surface area contributed by atoms with Gasteiger partial charge in [-0.25, -0.2) is 0 Å². The van der Waals surface area contributed by atoms with Crippen molar-refractivity contribution in [2.24, 2.45) is 0 Å². The molecular formula is C18H19N5O3S. The van der Waals surface area contributed by atoms with E-state index in [1.165, 1.54) is 5.56 Å². The van der Waals surface area contributed by atoms with Gasteiger partial charge in [0.1, 0.15) is 17.5 Å². The molecule has 1 N–H and O–H groups in total. The van der Waals surface area contributed by atoms with E-state index < -0.39 is 0 Å². The first-order chi connectivity index (χ1) is 13.2. The van der Waals surface area contributed by atoms with Gasteiger partial charge < -0.3 is 14.8 Å². The number of carbonyl (C=O) groups excluding carboxylic acids is 1. The summed E-state index contributed by atoms with van der Waals surface area (Å²) in [5.41, 5.74) is 2.59. The van der Waals surface area contributed by atoms with Crippen molar-refractivity contribution in [2.75, 3.05) is 19.0 Å². The molecule has 1 amide bonds. The molecule has 1 aliphatic rings. The van der Waals surface area contributed by atoms with Crippen LogP contribution in [-0.2, 0) is 16.0 Å². The Kier molecular flexibility index (Phi) is 4.87. The van der Waals surface area contributed by atoms with Crippen LogP contribution in [0.3, 0.4) is 0 Å². The Hall–Kier alpha value is -2.78. The molecule has 9 heteroatoms. The maximum Gasteiger partial charge on any atom is 0.227 e. The molecule has 0 radical (unpaired) electrons. The first-order valence-corrected chi connectivity index (χ1v) is 9.45. The number of nitrogens with zero attached hydrogens (tertiary/aromatic N) is 4. The number of thiophene rings is 1. The molecule has 0 aliphatic carbocycles. The summed E-state index contributed by atoms with van der Waals surface area (Å²) in [6.45, 7) is 2.44. The fourth-order valence-electron chi connectivity index (χ4n) is 3.14. The van der Waals surface area contributed by atoms with Gasteiger partial charge in [0.05, 0.1) is 20.1 Å². The van der Waals surface area contributed by atoms with Crippen LogP contribution in [-0.4, -0.2) is 39.8 Å². The van der Waals surface area contributed by atoms with Crippen molar-refractivity contribution in [1.29, 1.82) is 0 Å². The number of fused-ring (bicyclic) bond motifs is 1. The van der Waals surface area contributed by atoms with E-state index in [-0.39, 0.29) is 18.4 Å². The van der Waals surface area contributed by atoms with Crippen LogP contribution in [0.2, 0.25) is 0 Å². The van der Waals surface area contributed by atoms with Crippen molar-refractivity contribution in [3.8, 4) is 11.4 Å². The number of methoxy groups -OCH3 is 1. The van der Waals surface area contributed by atoms with E-state index in [9.17, 15) is 4.79 Å². The van der Waals surface area contributed by atoms with Crippen LogP contribution in [0.25, 0.3) is 5.69 Å². The highest BCUT2D eigenvalue weighted by atomic mass is 32.1. The van der Waals surface area contributed by atoms with E-state index in [0.29, 0.717) is 29.6 Å². The Morgan fingerprint density at radius 1 is 1.44 bits per heavy atom. The van der Waals surface area contributed by atoms with Crippen molar-refractivity contribution >= 4 is 22.9 Å². The maximum absolute atomic E-state index is 12.6. The van der Waals surface area contributed by atoms with Gasteiger partial charge in [-0.3, -0.25) is 4.79 Å². The standard InChI is InChI=1S/C18H19N5O3S/c1-11-20-21-22-23(11)14-9-13(3-4-15(14)25-2)19-17(24)10-16-18-12(5-7-26-16)6-8-27-18/h3-4,6,8-9,16H,5,7,10H2,1-2H3,(H,19,24)/t16-/m0/s1. The van der Waals surface area contributed by atoms with Crippen molar-refractivity contribution < 1.29 is 14.3 Å². The Bertz CT molecular complexity index is 968. The summed E-state index contributed by atoms with van der Waals surface area (Å²) >= 11 is 1.64. The molecule has 140 valence electrons. The molecule has 0 unspecified atom stereocenters. The molecule has 0 saturated carbocycles. The lowest BCUT2D eigenvalue weighted by atomic mass is 10.1. The van der Waals surface area contributed by atoms with E-state index >= 15 is 0 Å². The van der Waals surface area contributed by atoms with Crippen LogP contribution in [0.5, 0.6) is 5.75 Å². The number of hydrogen-bond acceptors (Lipinski definition) is 7. The minimum atomic E-state index is -0.187. The van der Waals surface area contributed by atoms with Gasteiger partial charge in [-0.2, -0.15) is 4.68 Å². The number of nitrogens with one attached hydrogen (secondary N) is 1. The summed E-state index contributed by atoms with van der Waals surface area (Å²) < 4.78 is 12.8. The monoisotopic (exact) mass is 385 g/mol. The van der Waals surface area contributed by atoms with Gasteiger partial charge in [0.25, 0.3) is 0 Å². The molecule has 0 saturated heterocycles. The molecular weight excluding hydrogens is 366 g/mol. The molecule has 27 heavy (non-hydrogen) atoms. The number of hydrogen-bond donors (Lipinski definition) is 1. The molecule has 0 spiro atoms. The van der Waals surface area contributed by atoms with E-state index in [4.69, 9.17) is 9.47 Å². The predicted molar refractivity (Wildman–Crippen MR) is 100 cm³/mol. The van der Waals surface area contributed by atoms with Crippen molar-refractivity contribution in [3.05, 3.63) is 45.9 Å². The molecule has 3 heterocycles. The van der Waals surface area contributed by atoms with Gasteiger partial charge in [0, 0.05) is 10.6 Å². The summed E-state index contributed by atoms with van der Waals surface area (Å²) in [6, 6.07) is 7.47. The third-order valence-corrected chi connectivity index (χ3v) is 5.50.